The molecule has 0 amide bonds. The Balaban J connectivity index is 1.99. The average Bonchev–Trinajstić information content (AvgIpc) is 2.79. The Kier molecular flexibility index (Phi) is 2.01. The smallest absolute Gasteiger partial charge is 0.117 e. The fraction of sp³-hybridized carbons (Fsp3) is 0.188. The largest absolute Gasteiger partial charge is 0.508 e. The summed E-state index contributed by atoms with van der Waals surface area (Å²) in [6.45, 7) is 0. The van der Waals surface area contributed by atoms with E-state index in [1.807, 2.05) is 24.7 Å². The van der Waals surface area contributed by atoms with E-state index in [-0.39, 0.29) is 5.41 Å². The SMILES string of the molecule is Oc1ccc2c(c1)NC=CC21CCc2ccncc21. The van der Waals surface area contributed by atoms with Gasteiger partial charge < -0.3 is 10.4 Å². The van der Waals surface area contributed by atoms with Gasteiger partial charge in [0.1, 0.15) is 5.75 Å². The van der Waals surface area contributed by atoms with Crippen molar-refractivity contribution in [2.75, 3.05) is 5.32 Å². The second-order valence-electron chi connectivity index (χ2n) is 5.21. The minimum absolute atomic E-state index is 0.0854. The summed E-state index contributed by atoms with van der Waals surface area (Å²) in [4.78, 5) is 4.29. The van der Waals surface area contributed by atoms with Crippen molar-refractivity contribution in [3.05, 3.63) is 65.6 Å². The van der Waals surface area contributed by atoms with E-state index in [2.05, 4.69) is 22.4 Å². The number of nitrogens with one attached hydrogen (secondary N) is 1. The molecule has 1 aliphatic carbocycles. The number of hydrogen-bond acceptors (Lipinski definition) is 3. The molecule has 0 bridgehead atoms. The molecule has 1 atom stereocenters. The lowest BCUT2D eigenvalue weighted by atomic mass is 9.74. The molecule has 0 saturated heterocycles. The number of nitrogens with zero attached hydrogens (tertiary/aromatic N) is 1. The van der Waals surface area contributed by atoms with Gasteiger partial charge in [0, 0.05) is 29.6 Å². The Morgan fingerprint density at radius 3 is 3.11 bits per heavy atom. The van der Waals surface area contributed by atoms with Crippen LogP contribution >= 0.6 is 0 Å². The maximum absolute atomic E-state index is 9.64. The fourth-order valence-corrected chi connectivity index (χ4v) is 3.37. The van der Waals surface area contributed by atoms with E-state index in [9.17, 15) is 5.11 Å². The molecule has 19 heavy (non-hydrogen) atoms. The number of anilines is 1. The lowest BCUT2D eigenvalue weighted by Gasteiger charge is -2.32. The third-order valence-electron chi connectivity index (χ3n) is 4.27. The van der Waals surface area contributed by atoms with Crippen LogP contribution in [0.25, 0.3) is 0 Å². The number of aromatic hydroxyl groups is 1. The Hall–Kier alpha value is -2.29. The van der Waals surface area contributed by atoms with Crippen LogP contribution in [-0.4, -0.2) is 10.1 Å². The summed E-state index contributed by atoms with van der Waals surface area (Å²) in [5.41, 5.74) is 4.79. The van der Waals surface area contributed by atoms with Crippen LogP contribution in [0.4, 0.5) is 5.69 Å². The first-order valence-electron chi connectivity index (χ1n) is 6.51. The van der Waals surface area contributed by atoms with Crippen molar-refractivity contribution in [3.63, 3.8) is 0 Å². The Morgan fingerprint density at radius 1 is 1.21 bits per heavy atom. The van der Waals surface area contributed by atoms with Crippen LogP contribution in [0.1, 0.15) is 23.1 Å². The number of allylic oxidation sites excluding steroid dienone is 1. The molecule has 2 N–H and O–H groups in total. The van der Waals surface area contributed by atoms with E-state index in [1.54, 1.807) is 12.1 Å². The van der Waals surface area contributed by atoms with Crippen molar-refractivity contribution in [2.45, 2.75) is 18.3 Å². The first kappa shape index (κ1) is 10.6. The Bertz CT molecular complexity index is 693. The second kappa shape index (κ2) is 3.60. The van der Waals surface area contributed by atoms with Gasteiger partial charge >= 0.3 is 0 Å². The van der Waals surface area contributed by atoms with E-state index < -0.39 is 0 Å². The molecule has 2 heterocycles. The fourth-order valence-electron chi connectivity index (χ4n) is 3.37. The highest BCUT2D eigenvalue weighted by Crippen LogP contribution is 2.49. The highest BCUT2D eigenvalue weighted by atomic mass is 16.3. The zero-order chi connectivity index (χ0) is 12.9. The number of pyridine rings is 1. The lowest BCUT2D eigenvalue weighted by Crippen LogP contribution is -2.26. The summed E-state index contributed by atoms with van der Waals surface area (Å²) >= 11 is 0. The third kappa shape index (κ3) is 1.35. The summed E-state index contributed by atoms with van der Waals surface area (Å²) in [7, 11) is 0. The highest BCUT2D eigenvalue weighted by Gasteiger charge is 2.41. The van der Waals surface area contributed by atoms with Crippen LogP contribution in [0.15, 0.2) is 48.9 Å². The summed E-state index contributed by atoms with van der Waals surface area (Å²) in [5, 5.41) is 12.9. The van der Waals surface area contributed by atoms with Gasteiger partial charge in [0.15, 0.2) is 0 Å². The van der Waals surface area contributed by atoms with Crippen molar-refractivity contribution in [1.29, 1.82) is 0 Å². The number of aryl methyl sites for hydroxylation is 1. The molecule has 1 spiro atoms. The van der Waals surface area contributed by atoms with E-state index in [0.717, 1.165) is 18.5 Å². The van der Waals surface area contributed by atoms with Crippen LogP contribution in [0.5, 0.6) is 5.75 Å². The zero-order valence-electron chi connectivity index (χ0n) is 10.4. The van der Waals surface area contributed by atoms with Crippen molar-refractivity contribution in [1.82, 2.24) is 4.98 Å². The van der Waals surface area contributed by atoms with Crippen LogP contribution < -0.4 is 5.32 Å². The van der Waals surface area contributed by atoms with Crippen molar-refractivity contribution < 1.29 is 5.11 Å². The molecule has 1 aliphatic heterocycles. The quantitative estimate of drug-likeness (QED) is 0.755. The van der Waals surface area contributed by atoms with Gasteiger partial charge in [-0.05, 0) is 47.9 Å². The summed E-state index contributed by atoms with van der Waals surface area (Å²) in [6.07, 6.45) is 10.2. The van der Waals surface area contributed by atoms with Gasteiger partial charge in [-0.25, -0.2) is 0 Å². The van der Waals surface area contributed by atoms with Crippen molar-refractivity contribution >= 4 is 5.69 Å². The molecular formula is C16H14N2O. The molecule has 3 nitrogen and oxygen atoms in total. The maximum Gasteiger partial charge on any atom is 0.117 e. The Morgan fingerprint density at radius 2 is 2.16 bits per heavy atom. The summed E-state index contributed by atoms with van der Waals surface area (Å²) < 4.78 is 0. The number of phenols is 1. The van der Waals surface area contributed by atoms with Crippen LogP contribution in [0.3, 0.4) is 0 Å². The van der Waals surface area contributed by atoms with Gasteiger partial charge in [-0.3, -0.25) is 4.98 Å². The van der Waals surface area contributed by atoms with Crippen molar-refractivity contribution in [3.8, 4) is 5.75 Å². The molecule has 0 fully saturated rings. The van der Waals surface area contributed by atoms with Gasteiger partial charge in [0.05, 0.1) is 0 Å². The second-order valence-corrected chi connectivity index (χ2v) is 5.21. The van der Waals surface area contributed by atoms with Crippen molar-refractivity contribution in [2.24, 2.45) is 0 Å². The van der Waals surface area contributed by atoms with E-state index in [1.165, 1.54) is 16.7 Å². The third-order valence-corrected chi connectivity index (χ3v) is 4.27. The zero-order valence-corrected chi connectivity index (χ0v) is 10.4. The molecule has 4 rings (SSSR count). The molecule has 1 unspecified atom stereocenters. The topological polar surface area (TPSA) is 45.1 Å². The predicted octanol–water partition coefficient (Wildman–Crippen LogP) is 2.96. The molecule has 1 aromatic heterocycles. The van der Waals surface area contributed by atoms with E-state index >= 15 is 0 Å². The van der Waals surface area contributed by atoms with Gasteiger partial charge in [0.25, 0.3) is 0 Å². The van der Waals surface area contributed by atoms with Crippen LogP contribution in [-0.2, 0) is 11.8 Å². The standard InChI is InChI=1S/C16H14N2O/c19-12-1-2-13-15(9-12)18-8-6-16(13)5-3-11-4-7-17-10-14(11)16/h1-2,4,6-10,18-19H,3,5H2. The van der Waals surface area contributed by atoms with E-state index in [4.69, 9.17) is 0 Å². The normalized spacial score (nSPS) is 22.9. The minimum Gasteiger partial charge on any atom is -0.508 e. The number of aromatic nitrogens is 1. The van der Waals surface area contributed by atoms with E-state index in [0.29, 0.717) is 5.75 Å². The minimum atomic E-state index is -0.0854. The molecule has 3 heteroatoms. The number of benzene rings is 1. The number of phenolic OH excluding ortho intramolecular Hbond substituents is 1. The highest BCUT2D eigenvalue weighted by molar-refractivity contribution is 5.68. The summed E-state index contributed by atoms with van der Waals surface area (Å²) in [5.74, 6) is 0.293. The molecule has 94 valence electrons. The average molecular weight is 250 g/mol. The Labute approximate surface area is 111 Å². The van der Waals surface area contributed by atoms with Crippen LogP contribution in [0.2, 0.25) is 0 Å². The molecular weight excluding hydrogens is 236 g/mol. The van der Waals surface area contributed by atoms with Crippen LogP contribution in [0, 0.1) is 0 Å². The van der Waals surface area contributed by atoms with Gasteiger partial charge in [-0.1, -0.05) is 12.1 Å². The number of rotatable bonds is 0. The molecule has 2 aromatic rings. The number of hydrogen-bond donors (Lipinski definition) is 2. The van der Waals surface area contributed by atoms with Gasteiger partial charge in [-0.2, -0.15) is 0 Å². The molecule has 1 aromatic carbocycles. The molecule has 0 radical (unpaired) electrons. The lowest BCUT2D eigenvalue weighted by molar-refractivity contribution is 0.474. The maximum atomic E-state index is 9.64. The number of fused-ring (bicyclic) bond motifs is 4. The first-order chi connectivity index (χ1) is 9.29. The monoisotopic (exact) mass is 250 g/mol. The van der Waals surface area contributed by atoms with Gasteiger partial charge in [0.2, 0.25) is 0 Å². The molecule has 2 aliphatic rings. The summed E-state index contributed by atoms with van der Waals surface area (Å²) in [6, 6.07) is 7.67. The first-order valence-corrected chi connectivity index (χ1v) is 6.51. The van der Waals surface area contributed by atoms with Gasteiger partial charge in [-0.15, -0.1) is 0 Å². The predicted molar refractivity (Wildman–Crippen MR) is 74.2 cm³/mol. The molecule has 0 saturated carbocycles.